The van der Waals surface area contributed by atoms with Crippen molar-refractivity contribution in [3.63, 3.8) is 0 Å². The molecule has 0 aliphatic heterocycles. The van der Waals surface area contributed by atoms with Crippen LogP contribution in [0.15, 0.2) is 327 Å². The van der Waals surface area contributed by atoms with Crippen LogP contribution in [0.4, 0.5) is 0 Å². The molecule has 0 atom stereocenters. The van der Waals surface area contributed by atoms with Crippen LogP contribution in [-0.2, 0) is 16.2 Å². The lowest BCUT2D eigenvalue weighted by Gasteiger charge is -2.25. The highest BCUT2D eigenvalue weighted by atomic mass is 15.0. The minimum absolute atomic E-state index is 0.0481. The average Bonchev–Trinajstić information content (AvgIpc) is 1.60. The number of aromatic nitrogens is 3. The highest BCUT2D eigenvalue weighted by Gasteiger charge is 2.30. The first-order valence-corrected chi connectivity index (χ1v) is 34.2. The molecule has 0 N–H and O–H groups in total. The number of rotatable bonds is 8. The molecule has 3 heterocycles. The van der Waals surface area contributed by atoms with E-state index in [0.717, 1.165) is 105 Å². The maximum absolute atomic E-state index is 8.92. The van der Waals surface area contributed by atoms with Crippen LogP contribution in [-0.4, -0.2) is 13.7 Å². The predicted octanol–water partition coefficient (Wildman–Crippen LogP) is 27.2. The van der Waals surface area contributed by atoms with Crippen LogP contribution < -0.4 is 0 Å². The fourth-order valence-electron chi connectivity index (χ4n) is 14.7. The van der Waals surface area contributed by atoms with E-state index in [4.69, 9.17) is 24.7 Å². The molecule has 0 saturated carbocycles. The van der Waals surface area contributed by atoms with Gasteiger partial charge in [0.05, 0.1) is 57.8 Å². The molecule has 0 fully saturated rings. The zero-order chi connectivity index (χ0) is 85.4. The van der Waals surface area contributed by atoms with Crippen molar-refractivity contribution in [2.45, 2.75) is 92.4 Å². The summed E-state index contributed by atoms with van der Waals surface area (Å²) in [5.74, 6) is 0. The van der Waals surface area contributed by atoms with Gasteiger partial charge in [-0.05, 0) is 175 Å². The Bertz CT molecular complexity index is 6890. The van der Waals surface area contributed by atoms with Crippen molar-refractivity contribution in [3.8, 4) is 72.7 Å². The van der Waals surface area contributed by atoms with Gasteiger partial charge in [0.15, 0.2) is 0 Å². The highest BCUT2D eigenvalue weighted by molar-refractivity contribution is 6.21. The molecule has 3 aromatic heterocycles. The quantitative estimate of drug-likeness (QED) is 0.144. The van der Waals surface area contributed by atoms with E-state index >= 15 is 0 Å². The molecule has 0 amide bonds. The molecule has 0 spiro atoms. The second-order valence-corrected chi connectivity index (χ2v) is 28.7. The van der Waals surface area contributed by atoms with Gasteiger partial charge in [-0.2, -0.15) is 0 Å². The van der Waals surface area contributed by atoms with Crippen LogP contribution in [0, 0.1) is 13.8 Å². The van der Waals surface area contributed by atoms with Crippen molar-refractivity contribution in [1.29, 1.82) is 0 Å². The first-order chi connectivity index (χ1) is 56.4. The van der Waals surface area contributed by atoms with E-state index in [9.17, 15) is 0 Å². The van der Waals surface area contributed by atoms with Gasteiger partial charge < -0.3 is 13.7 Å². The Balaban J connectivity index is 0.000000141. The summed E-state index contributed by atoms with van der Waals surface area (Å²) in [7, 11) is 0. The normalized spacial score (nSPS) is 14.4. The fourth-order valence-corrected chi connectivity index (χ4v) is 14.7. The number of nitrogens with zero attached hydrogens (tertiary/aromatic N) is 3. The third-order valence-electron chi connectivity index (χ3n) is 18.7. The van der Waals surface area contributed by atoms with Crippen molar-refractivity contribution < 1.29 is 24.7 Å². The van der Waals surface area contributed by atoms with E-state index in [-0.39, 0.29) is 124 Å². The molecule has 17 rings (SSSR count). The van der Waals surface area contributed by atoms with E-state index < -0.39 is 23.5 Å². The molecule has 3 heteroatoms. The molecule has 0 aliphatic rings. The molecule has 494 valence electrons. The van der Waals surface area contributed by atoms with Gasteiger partial charge in [-0.25, -0.2) is 0 Å². The Kier molecular flexibility index (Phi) is 12.5. The van der Waals surface area contributed by atoms with Gasteiger partial charge in [0.25, 0.3) is 0 Å². The summed E-state index contributed by atoms with van der Waals surface area (Å²) >= 11 is 0. The highest BCUT2D eigenvalue weighted by Crippen LogP contribution is 2.50. The maximum atomic E-state index is 8.92. The standard InChI is InChI=1S/C35H31N.C34H29N.C29H27N/c1-24-18-20-26(21-19-24)29-22-23-31-33(34(29)35(2,3)4)32-28(25-12-7-5-8-13-25)16-11-17-30(32)36(31)27-14-9-6-10-15-27;1-34(2,3)33-28(25-16-9-5-10-17-25)22-23-30-32(33)31-27(24-14-7-4-8-15-24)20-13-21-29(31)35(30)26-18-11-6-12-19-26;1-20-11-8-12-21(19-20)23-15-9-17-25-27(23)28-24(29(2,3)4)16-10-18-26(28)30(25)22-13-6-5-7-14-22/h5-23H,1-4H3;4-23H,1-3H3;5-19H,1-4H3/i5D,7D,8D,12D,13D,18D,19D,20D,21D;4D,7D,8D,14D,15D;8D,11D,12D,19D. The average molecular weight is 1320 g/mol. The zero-order valence-corrected chi connectivity index (χ0v) is 58.6. The van der Waals surface area contributed by atoms with Crippen LogP contribution in [0.3, 0.4) is 0 Å². The zero-order valence-electron chi connectivity index (χ0n) is 76.6. The lowest BCUT2D eigenvalue weighted by molar-refractivity contribution is 0.596. The van der Waals surface area contributed by atoms with E-state index in [1.165, 1.54) is 5.56 Å². The first kappa shape index (κ1) is 47.5. The lowest BCUT2D eigenvalue weighted by Crippen LogP contribution is -2.13. The molecular weight excluding hydrogens is 1220 g/mol. The molecule has 0 unspecified atom stereocenters. The predicted molar refractivity (Wildman–Crippen MR) is 435 cm³/mol. The summed E-state index contributed by atoms with van der Waals surface area (Å²) in [6.07, 6.45) is 0. The molecule has 101 heavy (non-hydrogen) atoms. The molecule has 0 aliphatic carbocycles. The molecule has 0 bridgehead atoms. The monoisotopic (exact) mass is 1320 g/mol. The summed E-state index contributed by atoms with van der Waals surface area (Å²) in [5.41, 5.74) is 16.8. The summed E-state index contributed by atoms with van der Waals surface area (Å²) in [6.45, 7) is 22.5. The smallest absolute Gasteiger partial charge is 0.0632 e. The van der Waals surface area contributed by atoms with Gasteiger partial charge >= 0.3 is 0 Å². The van der Waals surface area contributed by atoms with E-state index in [0.29, 0.717) is 33.2 Å². The summed E-state index contributed by atoms with van der Waals surface area (Å²) in [6, 6.07) is 68.3. The Morgan fingerprint density at radius 1 is 0.238 bits per heavy atom. The minimum atomic E-state index is -0.592. The number of benzene rings is 14. The van der Waals surface area contributed by atoms with Gasteiger partial charge in [-0.15, -0.1) is 0 Å². The molecule has 14 aromatic carbocycles. The Morgan fingerprint density at radius 2 is 0.584 bits per heavy atom. The number of hydrogen-bond acceptors (Lipinski definition) is 0. The first-order valence-electron chi connectivity index (χ1n) is 43.2. The molecule has 3 nitrogen and oxygen atoms in total. The molecule has 0 radical (unpaired) electrons. The third-order valence-corrected chi connectivity index (χ3v) is 18.7. The second kappa shape index (κ2) is 26.6. The van der Waals surface area contributed by atoms with Crippen LogP contribution in [0.2, 0.25) is 0 Å². The fraction of sp³-hybridized carbons (Fsp3) is 0.143. The summed E-state index contributed by atoms with van der Waals surface area (Å²) in [4.78, 5) is 0. The second-order valence-electron chi connectivity index (χ2n) is 28.7. The van der Waals surface area contributed by atoms with Gasteiger partial charge in [0.1, 0.15) is 0 Å². The van der Waals surface area contributed by atoms with Crippen LogP contribution in [0.5, 0.6) is 0 Å². The van der Waals surface area contributed by atoms with Gasteiger partial charge in [0, 0.05) is 49.4 Å². The van der Waals surface area contributed by atoms with Crippen molar-refractivity contribution in [2.75, 3.05) is 0 Å². The number of para-hydroxylation sites is 3. The van der Waals surface area contributed by atoms with Crippen molar-refractivity contribution in [1.82, 2.24) is 13.7 Å². The molecule has 0 saturated heterocycles. The van der Waals surface area contributed by atoms with Crippen LogP contribution >= 0.6 is 0 Å². The van der Waals surface area contributed by atoms with Crippen LogP contribution in [0.1, 0.15) is 115 Å². The molecule has 17 aromatic rings. The Morgan fingerprint density at radius 3 is 1.00 bits per heavy atom. The van der Waals surface area contributed by atoms with E-state index in [1.807, 2.05) is 154 Å². The van der Waals surface area contributed by atoms with Gasteiger partial charge in [0.2, 0.25) is 0 Å². The lowest BCUT2D eigenvalue weighted by atomic mass is 9.78. The Labute approximate surface area is 621 Å². The SMILES string of the molecule is [2H]c1c([2H])c(C)c([2H])c(-c2cccc3c2c2c(C(C)(C)C)cccc2n3-c2ccccc2)c1[2H].[2H]c1c([2H])c([2H])c(-c2cccc3c2c2c(C(C)(C)C)c(-c4c([2H])c([2H])c(C)c([2H])c4[2H])ccc2n3-c2ccccc2)c([2H])c1[2H].[2H]c1c([2H])c([2H])c(-c2cccc3c2c2c(C(C)(C)C)c(-c4ccccc4)ccc2n3-c2ccccc2)c([2H])c1[2H]. The van der Waals surface area contributed by atoms with Gasteiger partial charge in [-0.1, -0.05) is 328 Å². The number of fused-ring (bicyclic) bond motifs is 9. The molecular formula is C98H87N3. The van der Waals surface area contributed by atoms with Crippen LogP contribution in [0.25, 0.3) is 138 Å². The van der Waals surface area contributed by atoms with E-state index in [2.05, 4.69) is 134 Å². The third kappa shape index (κ3) is 12.2. The maximum Gasteiger partial charge on any atom is 0.0632 e. The minimum Gasteiger partial charge on any atom is -0.309 e. The number of hydrogen-bond donors (Lipinski definition) is 0. The summed E-state index contributed by atoms with van der Waals surface area (Å²) < 4.78 is 161. The van der Waals surface area contributed by atoms with E-state index in [1.54, 1.807) is 19.9 Å². The van der Waals surface area contributed by atoms with Gasteiger partial charge in [-0.3, -0.25) is 0 Å². The van der Waals surface area contributed by atoms with Crippen molar-refractivity contribution >= 4 is 65.4 Å². The van der Waals surface area contributed by atoms with Crippen molar-refractivity contribution in [3.05, 3.63) is 355 Å². The largest absolute Gasteiger partial charge is 0.309 e. The summed E-state index contributed by atoms with van der Waals surface area (Å²) in [5, 5.41) is 5.40. The van der Waals surface area contributed by atoms with Crippen molar-refractivity contribution in [2.24, 2.45) is 0 Å². The topological polar surface area (TPSA) is 14.8 Å². The Hall–Kier alpha value is -11.5.